The molecule has 6 nitrogen and oxygen atoms in total. The SMILES string of the molecule is CCNC(=NCCC(OCC)C(C)C)NC1CCN(C(=O)C(C)C)C1.I. The number of ether oxygens (including phenoxy) is 1. The lowest BCUT2D eigenvalue weighted by atomic mass is 10.0. The van der Waals surface area contributed by atoms with Crippen molar-refractivity contribution >= 4 is 35.8 Å². The van der Waals surface area contributed by atoms with Crippen LogP contribution in [0.3, 0.4) is 0 Å². The third-order valence-electron chi connectivity index (χ3n) is 4.49. The number of hydrogen-bond acceptors (Lipinski definition) is 3. The second-order valence-electron chi connectivity index (χ2n) is 7.36. The second kappa shape index (κ2) is 13.6. The highest BCUT2D eigenvalue weighted by Crippen LogP contribution is 2.13. The molecule has 2 unspecified atom stereocenters. The van der Waals surface area contributed by atoms with Crippen LogP contribution in [0.4, 0.5) is 0 Å². The Hall–Kier alpha value is -0.570. The molecule has 0 saturated carbocycles. The fourth-order valence-electron chi connectivity index (χ4n) is 3.08. The summed E-state index contributed by atoms with van der Waals surface area (Å²) in [6, 6.07) is 0.272. The monoisotopic (exact) mass is 482 g/mol. The summed E-state index contributed by atoms with van der Waals surface area (Å²) in [5.41, 5.74) is 0. The first-order valence-corrected chi connectivity index (χ1v) is 9.84. The summed E-state index contributed by atoms with van der Waals surface area (Å²) in [4.78, 5) is 18.8. The maximum Gasteiger partial charge on any atom is 0.225 e. The van der Waals surface area contributed by atoms with E-state index in [1.807, 2.05) is 25.7 Å². The lowest BCUT2D eigenvalue weighted by Crippen LogP contribution is -2.45. The second-order valence-corrected chi connectivity index (χ2v) is 7.36. The molecule has 1 fully saturated rings. The van der Waals surface area contributed by atoms with Crippen LogP contribution in [0.15, 0.2) is 4.99 Å². The zero-order valence-electron chi connectivity index (χ0n) is 17.4. The van der Waals surface area contributed by atoms with E-state index in [9.17, 15) is 4.79 Å². The van der Waals surface area contributed by atoms with E-state index in [1.54, 1.807) is 0 Å². The van der Waals surface area contributed by atoms with Gasteiger partial charge in [0, 0.05) is 44.7 Å². The van der Waals surface area contributed by atoms with Crippen molar-refractivity contribution in [2.75, 3.05) is 32.8 Å². The Morgan fingerprint density at radius 3 is 2.50 bits per heavy atom. The number of nitrogens with zero attached hydrogens (tertiary/aromatic N) is 2. The molecule has 0 radical (unpaired) electrons. The Kier molecular flexibility index (Phi) is 13.3. The first-order chi connectivity index (χ1) is 11.9. The molecule has 0 aromatic carbocycles. The molecule has 1 aliphatic rings. The van der Waals surface area contributed by atoms with E-state index >= 15 is 0 Å². The molecule has 2 N–H and O–H groups in total. The van der Waals surface area contributed by atoms with Gasteiger partial charge in [0.1, 0.15) is 0 Å². The number of amides is 1. The van der Waals surface area contributed by atoms with Gasteiger partial charge in [-0.1, -0.05) is 27.7 Å². The number of rotatable bonds is 9. The van der Waals surface area contributed by atoms with Crippen molar-refractivity contribution in [1.82, 2.24) is 15.5 Å². The van der Waals surface area contributed by atoms with E-state index < -0.39 is 0 Å². The fourth-order valence-corrected chi connectivity index (χ4v) is 3.08. The van der Waals surface area contributed by atoms with Crippen molar-refractivity contribution in [1.29, 1.82) is 0 Å². The molecule has 2 atom stereocenters. The number of guanidine groups is 1. The van der Waals surface area contributed by atoms with Crippen LogP contribution in [0.5, 0.6) is 0 Å². The molecule has 7 heteroatoms. The van der Waals surface area contributed by atoms with Crippen molar-refractivity contribution < 1.29 is 9.53 Å². The van der Waals surface area contributed by atoms with E-state index in [1.165, 1.54) is 0 Å². The van der Waals surface area contributed by atoms with Gasteiger partial charge in [-0.05, 0) is 32.6 Å². The molecular formula is C19H39IN4O2. The van der Waals surface area contributed by atoms with Gasteiger partial charge in [0.25, 0.3) is 0 Å². The number of carbonyl (C=O) groups is 1. The van der Waals surface area contributed by atoms with Crippen molar-refractivity contribution in [3.05, 3.63) is 0 Å². The first kappa shape index (κ1) is 25.4. The van der Waals surface area contributed by atoms with Crippen molar-refractivity contribution in [3.63, 3.8) is 0 Å². The highest BCUT2D eigenvalue weighted by Gasteiger charge is 2.27. The minimum Gasteiger partial charge on any atom is -0.378 e. The van der Waals surface area contributed by atoms with Crippen LogP contribution < -0.4 is 10.6 Å². The molecule has 1 heterocycles. The Bertz CT molecular complexity index is 430. The topological polar surface area (TPSA) is 66.0 Å². The van der Waals surface area contributed by atoms with Crippen molar-refractivity contribution in [3.8, 4) is 0 Å². The lowest BCUT2D eigenvalue weighted by Gasteiger charge is -2.21. The Labute approximate surface area is 176 Å². The molecule has 26 heavy (non-hydrogen) atoms. The fraction of sp³-hybridized carbons (Fsp3) is 0.895. The zero-order valence-corrected chi connectivity index (χ0v) is 19.7. The predicted molar refractivity (Wildman–Crippen MR) is 119 cm³/mol. The molecule has 0 aliphatic carbocycles. The average Bonchev–Trinajstić information content (AvgIpc) is 3.01. The molecule has 0 aromatic rings. The smallest absolute Gasteiger partial charge is 0.225 e. The van der Waals surface area contributed by atoms with E-state index in [4.69, 9.17) is 9.73 Å². The number of halogens is 1. The summed E-state index contributed by atoms with van der Waals surface area (Å²) in [7, 11) is 0. The van der Waals surface area contributed by atoms with Gasteiger partial charge >= 0.3 is 0 Å². The summed E-state index contributed by atoms with van der Waals surface area (Å²) >= 11 is 0. The summed E-state index contributed by atoms with van der Waals surface area (Å²) in [5, 5.41) is 6.79. The van der Waals surface area contributed by atoms with Crippen molar-refractivity contribution in [2.24, 2.45) is 16.8 Å². The van der Waals surface area contributed by atoms with E-state index in [2.05, 4.69) is 31.4 Å². The molecular weight excluding hydrogens is 443 g/mol. The molecule has 1 aliphatic heterocycles. The maximum atomic E-state index is 12.1. The maximum absolute atomic E-state index is 12.1. The summed E-state index contributed by atoms with van der Waals surface area (Å²) in [5.74, 6) is 1.64. The van der Waals surface area contributed by atoms with Gasteiger partial charge in [-0.15, -0.1) is 24.0 Å². The van der Waals surface area contributed by atoms with Crippen LogP contribution in [0.2, 0.25) is 0 Å². The average molecular weight is 482 g/mol. The molecule has 1 amide bonds. The number of carbonyl (C=O) groups excluding carboxylic acids is 1. The number of nitrogens with one attached hydrogen (secondary N) is 2. The van der Waals surface area contributed by atoms with Crippen molar-refractivity contribution in [2.45, 2.75) is 66.5 Å². The molecule has 0 spiro atoms. The Morgan fingerprint density at radius 2 is 1.96 bits per heavy atom. The highest BCUT2D eigenvalue weighted by molar-refractivity contribution is 14.0. The van der Waals surface area contributed by atoms with Gasteiger partial charge in [0.05, 0.1) is 6.10 Å². The minimum absolute atomic E-state index is 0. The zero-order chi connectivity index (χ0) is 18.8. The largest absolute Gasteiger partial charge is 0.378 e. The van der Waals surface area contributed by atoms with Crippen LogP contribution in [0.1, 0.15) is 54.4 Å². The third kappa shape index (κ3) is 8.88. The molecule has 1 rings (SSSR count). The van der Waals surface area contributed by atoms with Gasteiger partial charge in [-0.2, -0.15) is 0 Å². The molecule has 0 bridgehead atoms. The van der Waals surface area contributed by atoms with Gasteiger partial charge < -0.3 is 20.3 Å². The quantitative estimate of drug-likeness (QED) is 0.302. The minimum atomic E-state index is 0. The third-order valence-corrected chi connectivity index (χ3v) is 4.49. The van der Waals surface area contributed by atoms with Gasteiger partial charge in [0.2, 0.25) is 5.91 Å². The van der Waals surface area contributed by atoms with Gasteiger partial charge in [-0.3, -0.25) is 9.79 Å². The molecule has 154 valence electrons. The van der Waals surface area contributed by atoms with E-state index in [0.29, 0.717) is 5.92 Å². The normalized spacial score (nSPS) is 18.8. The summed E-state index contributed by atoms with van der Waals surface area (Å²) < 4.78 is 5.79. The Morgan fingerprint density at radius 1 is 1.27 bits per heavy atom. The summed E-state index contributed by atoms with van der Waals surface area (Å²) in [6.45, 7) is 16.3. The number of likely N-dealkylation sites (tertiary alicyclic amines) is 1. The number of aliphatic imine (C=N–C) groups is 1. The van der Waals surface area contributed by atoms with Crippen LogP contribution in [0, 0.1) is 11.8 Å². The van der Waals surface area contributed by atoms with Gasteiger partial charge in [0.15, 0.2) is 5.96 Å². The van der Waals surface area contributed by atoms with Crippen LogP contribution in [-0.2, 0) is 9.53 Å². The molecule has 1 saturated heterocycles. The Balaban J connectivity index is 0.00000625. The van der Waals surface area contributed by atoms with E-state index in [-0.39, 0.29) is 47.9 Å². The summed E-state index contributed by atoms with van der Waals surface area (Å²) in [6.07, 6.45) is 2.14. The van der Waals surface area contributed by atoms with Gasteiger partial charge in [-0.25, -0.2) is 0 Å². The highest BCUT2D eigenvalue weighted by atomic mass is 127. The van der Waals surface area contributed by atoms with E-state index in [0.717, 1.165) is 51.6 Å². The lowest BCUT2D eigenvalue weighted by molar-refractivity contribution is -0.133. The van der Waals surface area contributed by atoms with Crippen LogP contribution in [0.25, 0.3) is 0 Å². The van der Waals surface area contributed by atoms with Crippen LogP contribution in [-0.4, -0.2) is 61.7 Å². The molecule has 0 aromatic heterocycles. The first-order valence-electron chi connectivity index (χ1n) is 9.84. The predicted octanol–water partition coefficient (Wildman–Crippen LogP) is 2.87. The standard InChI is InChI=1S/C19H38N4O2.HI/c1-7-20-19(21-11-9-17(14(3)4)25-8-2)22-16-10-12-23(13-16)18(24)15(5)6;/h14-17H,7-13H2,1-6H3,(H2,20,21,22);1H. The van der Waals surface area contributed by atoms with Crippen LogP contribution >= 0.6 is 24.0 Å². The number of hydrogen-bond donors (Lipinski definition) is 2.